The van der Waals surface area contributed by atoms with Gasteiger partial charge in [-0.05, 0) is 44.0 Å². The average molecular weight is 381 g/mol. The van der Waals surface area contributed by atoms with Crippen molar-refractivity contribution in [2.24, 2.45) is 5.73 Å². The molecule has 2 aromatic rings. The van der Waals surface area contributed by atoms with Crippen molar-refractivity contribution in [1.29, 1.82) is 0 Å². The molecule has 1 fully saturated rings. The molecule has 1 saturated heterocycles. The third-order valence-corrected chi connectivity index (χ3v) is 4.24. The number of carbonyl (C=O) groups is 1. The summed E-state index contributed by atoms with van der Waals surface area (Å²) in [6.45, 7) is 4.00. The first-order valence-corrected chi connectivity index (χ1v) is 8.53. The van der Waals surface area contributed by atoms with Gasteiger partial charge >= 0.3 is 0 Å². The van der Waals surface area contributed by atoms with Gasteiger partial charge in [-0.3, -0.25) is 4.79 Å². The summed E-state index contributed by atoms with van der Waals surface area (Å²) in [6.07, 6.45) is 2.18. The SMILES string of the molecule is COc1ccc(-c2onc(N3CCCC3)c2C(=O)NC[C@H](C)N)cc1.Cl. The number of anilines is 1. The Balaban J connectivity index is 0.00000243. The number of halogens is 1. The molecule has 0 saturated carbocycles. The van der Waals surface area contributed by atoms with E-state index >= 15 is 0 Å². The number of amides is 1. The fourth-order valence-electron chi connectivity index (χ4n) is 2.91. The number of carbonyl (C=O) groups excluding carboxylic acids is 1. The van der Waals surface area contributed by atoms with Crippen LogP contribution in [-0.4, -0.2) is 43.8 Å². The summed E-state index contributed by atoms with van der Waals surface area (Å²) in [7, 11) is 1.61. The first-order chi connectivity index (χ1) is 12.1. The van der Waals surface area contributed by atoms with Crippen LogP contribution in [-0.2, 0) is 0 Å². The highest BCUT2D eigenvalue weighted by atomic mass is 35.5. The number of ether oxygens (including phenoxy) is 1. The number of nitrogens with two attached hydrogens (primary N) is 1. The van der Waals surface area contributed by atoms with Crippen LogP contribution in [0.3, 0.4) is 0 Å². The van der Waals surface area contributed by atoms with Gasteiger partial charge in [-0.1, -0.05) is 5.16 Å². The molecule has 1 aliphatic heterocycles. The lowest BCUT2D eigenvalue weighted by Crippen LogP contribution is -2.36. The third-order valence-electron chi connectivity index (χ3n) is 4.24. The van der Waals surface area contributed by atoms with E-state index in [9.17, 15) is 4.79 Å². The fourth-order valence-corrected chi connectivity index (χ4v) is 2.91. The average Bonchev–Trinajstić information content (AvgIpc) is 3.28. The molecule has 0 aliphatic carbocycles. The Labute approximate surface area is 159 Å². The van der Waals surface area contributed by atoms with Crippen LogP contribution >= 0.6 is 12.4 Å². The lowest BCUT2D eigenvalue weighted by Gasteiger charge is -2.16. The molecule has 1 amide bonds. The Kier molecular flexibility index (Phi) is 6.88. The normalized spacial score (nSPS) is 14.7. The molecule has 1 atom stereocenters. The van der Waals surface area contributed by atoms with Crippen molar-refractivity contribution < 1.29 is 14.1 Å². The van der Waals surface area contributed by atoms with E-state index in [4.69, 9.17) is 15.0 Å². The van der Waals surface area contributed by atoms with Gasteiger partial charge in [-0.2, -0.15) is 0 Å². The second-order valence-electron chi connectivity index (χ2n) is 6.32. The minimum absolute atomic E-state index is 0. The van der Waals surface area contributed by atoms with Gasteiger partial charge < -0.3 is 25.2 Å². The summed E-state index contributed by atoms with van der Waals surface area (Å²) in [6, 6.07) is 7.25. The van der Waals surface area contributed by atoms with Crippen molar-refractivity contribution in [1.82, 2.24) is 10.5 Å². The number of nitrogens with one attached hydrogen (secondary N) is 1. The standard InChI is InChI=1S/C18H24N4O3.ClH/c1-12(19)11-20-18(23)15-16(13-5-7-14(24-2)8-6-13)25-21-17(15)22-9-3-4-10-22;/h5-8,12H,3-4,9-11,19H2,1-2H3,(H,20,23);1H/t12-;/m0./s1. The molecule has 7 nitrogen and oxygen atoms in total. The van der Waals surface area contributed by atoms with Crippen molar-refractivity contribution >= 4 is 24.1 Å². The zero-order chi connectivity index (χ0) is 17.8. The molecule has 1 aromatic heterocycles. The molecule has 142 valence electrons. The zero-order valence-electron chi connectivity index (χ0n) is 15.0. The van der Waals surface area contributed by atoms with Gasteiger partial charge in [0.15, 0.2) is 11.6 Å². The van der Waals surface area contributed by atoms with Crippen LogP contribution in [0.1, 0.15) is 30.1 Å². The van der Waals surface area contributed by atoms with Gasteiger partial charge in [-0.15, -0.1) is 12.4 Å². The van der Waals surface area contributed by atoms with Gasteiger partial charge in [0.05, 0.1) is 7.11 Å². The lowest BCUT2D eigenvalue weighted by atomic mass is 10.1. The molecule has 0 spiro atoms. The summed E-state index contributed by atoms with van der Waals surface area (Å²) in [4.78, 5) is 14.9. The number of methoxy groups -OCH3 is 1. The van der Waals surface area contributed by atoms with Gasteiger partial charge in [0.2, 0.25) is 0 Å². The molecular formula is C18H25ClN4O3. The second kappa shape index (κ2) is 8.91. The summed E-state index contributed by atoms with van der Waals surface area (Å²) >= 11 is 0. The zero-order valence-corrected chi connectivity index (χ0v) is 15.8. The molecule has 8 heteroatoms. The quantitative estimate of drug-likeness (QED) is 0.799. The Hall–Kier alpha value is -2.25. The van der Waals surface area contributed by atoms with Crippen molar-refractivity contribution in [3.05, 3.63) is 29.8 Å². The van der Waals surface area contributed by atoms with Crippen molar-refractivity contribution in [2.75, 3.05) is 31.6 Å². The highest BCUT2D eigenvalue weighted by molar-refractivity contribution is 6.04. The van der Waals surface area contributed by atoms with Crippen LogP contribution < -0.4 is 20.7 Å². The molecule has 3 rings (SSSR count). The minimum Gasteiger partial charge on any atom is -0.497 e. The Morgan fingerprint density at radius 1 is 1.35 bits per heavy atom. The minimum atomic E-state index is -0.216. The lowest BCUT2D eigenvalue weighted by molar-refractivity contribution is 0.0952. The summed E-state index contributed by atoms with van der Waals surface area (Å²) in [5.41, 5.74) is 7.00. The van der Waals surface area contributed by atoms with Gasteiger partial charge in [0, 0.05) is 31.2 Å². The van der Waals surface area contributed by atoms with Crippen LogP contribution in [0.15, 0.2) is 28.8 Å². The number of aromatic nitrogens is 1. The largest absolute Gasteiger partial charge is 0.497 e. The van der Waals surface area contributed by atoms with E-state index in [0.717, 1.165) is 37.2 Å². The topological polar surface area (TPSA) is 93.6 Å². The van der Waals surface area contributed by atoms with E-state index < -0.39 is 0 Å². The van der Waals surface area contributed by atoms with Crippen LogP contribution in [0.5, 0.6) is 5.75 Å². The summed E-state index contributed by atoms with van der Waals surface area (Å²) in [5, 5.41) is 7.06. The van der Waals surface area contributed by atoms with Crippen molar-refractivity contribution in [3.8, 4) is 17.1 Å². The maximum atomic E-state index is 12.8. The molecule has 0 unspecified atom stereocenters. The first-order valence-electron chi connectivity index (χ1n) is 8.53. The Morgan fingerprint density at radius 2 is 2.00 bits per heavy atom. The van der Waals surface area contributed by atoms with Crippen LogP contribution in [0.4, 0.5) is 5.82 Å². The summed E-state index contributed by atoms with van der Waals surface area (Å²) < 4.78 is 10.8. The second-order valence-corrected chi connectivity index (χ2v) is 6.32. The smallest absolute Gasteiger partial charge is 0.259 e. The van der Waals surface area contributed by atoms with Gasteiger partial charge in [0.25, 0.3) is 5.91 Å². The molecule has 1 aliphatic rings. The maximum Gasteiger partial charge on any atom is 0.259 e. The molecule has 1 aromatic carbocycles. The molecule has 2 heterocycles. The van der Waals surface area contributed by atoms with E-state index in [0.29, 0.717) is 23.7 Å². The molecule has 26 heavy (non-hydrogen) atoms. The van der Waals surface area contributed by atoms with Crippen molar-refractivity contribution in [3.63, 3.8) is 0 Å². The van der Waals surface area contributed by atoms with Crippen LogP contribution in [0.2, 0.25) is 0 Å². The number of benzene rings is 1. The van der Waals surface area contributed by atoms with Crippen LogP contribution in [0, 0.1) is 0 Å². The number of rotatable bonds is 6. The van der Waals surface area contributed by atoms with E-state index in [1.807, 2.05) is 31.2 Å². The monoisotopic (exact) mass is 380 g/mol. The van der Waals surface area contributed by atoms with Gasteiger partial charge in [0.1, 0.15) is 11.3 Å². The van der Waals surface area contributed by atoms with Gasteiger partial charge in [-0.25, -0.2) is 0 Å². The Bertz CT molecular complexity index is 725. The first kappa shape index (κ1) is 20.1. The number of hydrogen-bond acceptors (Lipinski definition) is 6. The van der Waals surface area contributed by atoms with Crippen LogP contribution in [0.25, 0.3) is 11.3 Å². The van der Waals surface area contributed by atoms with E-state index in [1.54, 1.807) is 7.11 Å². The highest BCUT2D eigenvalue weighted by Crippen LogP contribution is 2.33. The Morgan fingerprint density at radius 3 is 2.58 bits per heavy atom. The molecular weight excluding hydrogens is 356 g/mol. The highest BCUT2D eigenvalue weighted by Gasteiger charge is 2.29. The van der Waals surface area contributed by atoms with Crippen molar-refractivity contribution in [2.45, 2.75) is 25.8 Å². The number of nitrogens with zero attached hydrogens (tertiary/aromatic N) is 2. The van der Waals surface area contributed by atoms with E-state index in [1.165, 1.54) is 0 Å². The van der Waals surface area contributed by atoms with E-state index in [2.05, 4.69) is 15.4 Å². The maximum absolute atomic E-state index is 12.8. The predicted octanol–water partition coefficient (Wildman–Crippen LogP) is 2.45. The number of hydrogen-bond donors (Lipinski definition) is 2. The molecule has 0 radical (unpaired) electrons. The fraction of sp³-hybridized carbons (Fsp3) is 0.444. The predicted molar refractivity (Wildman–Crippen MR) is 103 cm³/mol. The summed E-state index contributed by atoms with van der Waals surface area (Å²) in [5.74, 6) is 1.59. The molecule has 0 bridgehead atoms. The van der Waals surface area contributed by atoms with E-state index in [-0.39, 0.29) is 24.4 Å². The third kappa shape index (κ3) is 4.28. The molecule has 3 N–H and O–H groups in total.